The van der Waals surface area contributed by atoms with Gasteiger partial charge in [0, 0.05) is 30.2 Å². The Morgan fingerprint density at radius 1 is 1.21 bits per heavy atom. The maximum absolute atomic E-state index is 9.82. The van der Waals surface area contributed by atoms with Crippen molar-refractivity contribution in [2.24, 2.45) is 5.92 Å². The first-order valence-corrected chi connectivity index (χ1v) is 8.10. The lowest BCUT2D eigenvalue weighted by Crippen LogP contribution is -2.51. The van der Waals surface area contributed by atoms with Gasteiger partial charge in [-0.1, -0.05) is 13.8 Å². The van der Waals surface area contributed by atoms with Crippen molar-refractivity contribution in [3.8, 4) is 0 Å². The highest BCUT2D eigenvalue weighted by atomic mass is 16.3. The highest BCUT2D eigenvalue weighted by Gasteiger charge is 2.42. The van der Waals surface area contributed by atoms with Crippen molar-refractivity contribution >= 4 is 0 Å². The van der Waals surface area contributed by atoms with E-state index in [9.17, 15) is 5.11 Å². The van der Waals surface area contributed by atoms with Gasteiger partial charge < -0.3 is 10.4 Å². The Morgan fingerprint density at radius 3 is 2.37 bits per heavy atom. The van der Waals surface area contributed by atoms with Crippen LogP contribution < -0.4 is 5.32 Å². The van der Waals surface area contributed by atoms with Crippen LogP contribution in [0.15, 0.2) is 0 Å². The van der Waals surface area contributed by atoms with Gasteiger partial charge in [0.2, 0.25) is 0 Å². The summed E-state index contributed by atoms with van der Waals surface area (Å²) in [6.07, 6.45) is 6.29. The Kier molecular flexibility index (Phi) is 4.91. The first-order chi connectivity index (χ1) is 8.96. The van der Waals surface area contributed by atoms with Crippen LogP contribution in [-0.4, -0.2) is 46.8 Å². The molecule has 0 amide bonds. The van der Waals surface area contributed by atoms with Crippen LogP contribution in [0.5, 0.6) is 0 Å². The molecular weight excluding hydrogens is 236 g/mol. The summed E-state index contributed by atoms with van der Waals surface area (Å²) in [4.78, 5) is 2.69. The van der Waals surface area contributed by atoms with E-state index >= 15 is 0 Å². The fraction of sp³-hybridized carbons (Fsp3) is 1.00. The number of hydrogen-bond acceptors (Lipinski definition) is 3. The zero-order chi connectivity index (χ0) is 14.0. The second-order valence-electron chi connectivity index (χ2n) is 7.37. The van der Waals surface area contributed by atoms with Gasteiger partial charge in [-0.25, -0.2) is 0 Å². The summed E-state index contributed by atoms with van der Waals surface area (Å²) in [6, 6.07) is 1.72. The highest BCUT2D eigenvalue weighted by Crippen LogP contribution is 2.37. The number of nitrogens with one attached hydrogen (secondary N) is 1. The van der Waals surface area contributed by atoms with Crippen molar-refractivity contribution in [3.63, 3.8) is 0 Å². The second kappa shape index (κ2) is 6.11. The molecule has 2 aliphatic carbocycles. The average Bonchev–Trinajstić information content (AvgIpc) is 3.06. The fourth-order valence-corrected chi connectivity index (χ4v) is 3.69. The summed E-state index contributed by atoms with van der Waals surface area (Å²) in [5.74, 6) is 0.949. The summed E-state index contributed by atoms with van der Waals surface area (Å²) >= 11 is 0. The molecule has 0 bridgehead atoms. The Balaban J connectivity index is 1.97. The molecule has 2 atom stereocenters. The molecule has 0 aromatic rings. The molecule has 2 unspecified atom stereocenters. The lowest BCUT2D eigenvalue weighted by atomic mass is 9.97. The first kappa shape index (κ1) is 15.3. The minimum atomic E-state index is -0.0322. The standard InChI is InChI=1S/C16H32N2O/c1-12(2)17-16(11-19)8-7-15(9-16)18(13(3)4)10-14-5-6-14/h12-15,17,19H,5-11H2,1-4H3. The maximum Gasteiger partial charge on any atom is 0.0614 e. The number of nitrogens with zero attached hydrogens (tertiary/aromatic N) is 1. The topological polar surface area (TPSA) is 35.5 Å². The second-order valence-corrected chi connectivity index (χ2v) is 7.37. The van der Waals surface area contributed by atoms with Crippen LogP contribution in [0.2, 0.25) is 0 Å². The fourth-order valence-electron chi connectivity index (χ4n) is 3.69. The van der Waals surface area contributed by atoms with Crippen LogP contribution in [0.1, 0.15) is 59.8 Å². The van der Waals surface area contributed by atoms with Crippen LogP contribution in [0.4, 0.5) is 0 Å². The third-order valence-electron chi connectivity index (χ3n) is 4.78. The van der Waals surface area contributed by atoms with E-state index in [2.05, 4.69) is 37.9 Å². The average molecular weight is 268 g/mol. The van der Waals surface area contributed by atoms with Gasteiger partial charge in [0.15, 0.2) is 0 Å². The van der Waals surface area contributed by atoms with E-state index in [4.69, 9.17) is 0 Å². The predicted molar refractivity (Wildman–Crippen MR) is 80.3 cm³/mol. The van der Waals surface area contributed by atoms with Crippen molar-refractivity contribution < 1.29 is 5.11 Å². The summed E-state index contributed by atoms with van der Waals surface area (Å²) in [5, 5.41) is 13.4. The lowest BCUT2D eigenvalue weighted by Gasteiger charge is -2.36. The van der Waals surface area contributed by atoms with Crippen LogP contribution in [0.3, 0.4) is 0 Å². The number of aliphatic hydroxyl groups is 1. The van der Waals surface area contributed by atoms with Gasteiger partial charge in [-0.2, -0.15) is 0 Å². The van der Waals surface area contributed by atoms with E-state index in [1.807, 2.05) is 0 Å². The Morgan fingerprint density at radius 2 is 1.89 bits per heavy atom. The van der Waals surface area contributed by atoms with E-state index in [0.29, 0.717) is 18.1 Å². The van der Waals surface area contributed by atoms with Crippen molar-refractivity contribution in [3.05, 3.63) is 0 Å². The molecule has 0 heterocycles. The molecule has 3 heteroatoms. The number of aliphatic hydroxyl groups excluding tert-OH is 1. The molecule has 2 N–H and O–H groups in total. The maximum atomic E-state index is 9.82. The Labute approximate surface area is 118 Å². The third kappa shape index (κ3) is 3.93. The zero-order valence-corrected chi connectivity index (χ0v) is 13.2. The molecular formula is C16H32N2O. The van der Waals surface area contributed by atoms with Gasteiger partial charge in [-0.15, -0.1) is 0 Å². The van der Waals surface area contributed by atoms with Gasteiger partial charge in [0.05, 0.1) is 6.61 Å². The smallest absolute Gasteiger partial charge is 0.0614 e. The molecule has 2 rings (SSSR count). The monoisotopic (exact) mass is 268 g/mol. The molecule has 2 aliphatic rings. The third-order valence-corrected chi connectivity index (χ3v) is 4.78. The summed E-state index contributed by atoms with van der Waals surface area (Å²) in [6.45, 7) is 10.5. The molecule has 0 aliphatic heterocycles. The summed E-state index contributed by atoms with van der Waals surface area (Å²) in [7, 11) is 0. The SMILES string of the molecule is CC(C)NC1(CO)CCC(N(CC2CC2)C(C)C)C1. The minimum absolute atomic E-state index is 0.0322. The molecule has 2 saturated carbocycles. The molecule has 0 aromatic carbocycles. The molecule has 0 spiro atoms. The number of hydrogen-bond donors (Lipinski definition) is 2. The van der Waals surface area contributed by atoms with Gasteiger partial charge in [-0.05, 0) is 51.9 Å². The molecule has 112 valence electrons. The van der Waals surface area contributed by atoms with Crippen molar-refractivity contribution in [2.45, 2.75) is 83.5 Å². The first-order valence-electron chi connectivity index (χ1n) is 8.10. The lowest BCUT2D eigenvalue weighted by molar-refractivity contribution is 0.117. The van der Waals surface area contributed by atoms with Crippen molar-refractivity contribution in [1.29, 1.82) is 0 Å². The van der Waals surface area contributed by atoms with Gasteiger partial charge >= 0.3 is 0 Å². The normalized spacial score (nSPS) is 31.9. The van der Waals surface area contributed by atoms with Gasteiger partial charge in [0.1, 0.15) is 0 Å². The van der Waals surface area contributed by atoms with E-state index in [1.54, 1.807) is 0 Å². The molecule has 0 aromatic heterocycles. The van der Waals surface area contributed by atoms with Gasteiger partial charge in [0.25, 0.3) is 0 Å². The highest BCUT2D eigenvalue weighted by molar-refractivity contribution is 5.01. The quantitative estimate of drug-likeness (QED) is 0.744. The molecule has 3 nitrogen and oxygen atoms in total. The predicted octanol–water partition coefficient (Wildman–Crippen LogP) is 2.39. The van der Waals surface area contributed by atoms with Crippen LogP contribution >= 0.6 is 0 Å². The van der Waals surface area contributed by atoms with Crippen LogP contribution in [-0.2, 0) is 0 Å². The number of rotatable bonds is 7. The van der Waals surface area contributed by atoms with Crippen LogP contribution in [0.25, 0.3) is 0 Å². The molecule has 0 saturated heterocycles. The molecule has 0 radical (unpaired) electrons. The van der Waals surface area contributed by atoms with Crippen molar-refractivity contribution in [1.82, 2.24) is 10.2 Å². The summed E-state index contributed by atoms with van der Waals surface area (Å²) in [5.41, 5.74) is -0.0322. The zero-order valence-electron chi connectivity index (χ0n) is 13.2. The van der Waals surface area contributed by atoms with Crippen LogP contribution in [0, 0.1) is 5.92 Å². The Bertz CT molecular complexity index is 288. The van der Waals surface area contributed by atoms with E-state index in [-0.39, 0.29) is 12.1 Å². The summed E-state index contributed by atoms with van der Waals surface area (Å²) < 4.78 is 0. The largest absolute Gasteiger partial charge is 0.394 e. The van der Waals surface area contributed by atoms with E-state index < -0.39 is 0 Å². The minimum Gasteiger partial charge on any atom is -0.394 e. The molecule has 19 heavy (non-hydrogen) atoms. The van der Waals surface area contributed by atoms with Crippen molar-refractivity contribution in [2.75, 3.05) is 13.2 Å². The van der Waals surface area contributed by atoms with E-state index in [1.165, 1.54) is 25.8 Å². The molecule has 2 fully saturated rings. The Hall–Kier alpha value is -0.120. The van der Waals surface area contributed by atoms with E-state index in [0.717, 1.165) is 18.8 Å². The van der Waals surface area contributed by atoms with Gasteiger partial charge in [-0.3, -0.25) is 4.90 Å².